The van der Waals surface area contributed by atoms with Crippen LogP contribution in [0.5, 0.6) is 5.75 Å². The zero-order valence-electron chi connectivity index (χ0n) is 18.2. The van der Waals surface area contributed by atoms with E-state index in [0.29, 0.717) is 16.5 Å². The number of carbonyl (C=O) groups excluding carboxylic acids is 1. The Balaban J connectivity index is 1.88. The topological polar surface area (TPSA) is 82.3 Å². The molecule has 2 atom stereocenters. The molecule has 1 aromatic carbocycles. The molecule has 0 radical (unpaired) electrons. The maximum atomic E-state index is 11.8. The van der Waals surface area contributed by atoms with E-state index in [-0.39, 0.29) is 18.0 Å². The highest BCUT2D eigenvalue weighted by atomic mass is 127. The molecule has 3 N–H and O–H groups in total. The second-order valence-corrected chi connectivity index (χ2v) is 9.13. The number of carbonyl (C=O) groups is 1. The number of rotatable bonds is 5. The average Bonchev–Trinajstić information content (AvgIpc) is 3.22. The molecule has 1 aliphatic rings. The van der Waals surface area contributed by atoms with Gasteiger partial charge in [0.1, 0.15) is 5.75 Å². The number of aromatic amines is 1. The maximum absolute atomic E-state index is 11.8. The van der Waals surface area contributed by atoms with Crippen LogP contribution in [0.3, 0.4) is 0 Å². The number of amides is 1. The molecular formula is C23H24IN5O2S. The Kier molecular flexibility index (Phi) is 6.38. The number of nitrogens with one attached hydrogen (secondary N) is 3. The normalized spacial score (nSPS) is 17.9. The Bertz CT molecular complexity index is 1180. The molecule has 7 nitrogen and oxygen atoms in total. The minimum atomic E-state index is -0.169. The number of H-pyrrole nitrogens is 1. The van der Waals surface area contributed by atoms with E-state index in [1.165, 1.54) is 12.5 Å². The fourth-order valence-corrected chi connectivity index (χ4v) is 5.39. The SMILES string of the molecule is COc1ccc(N2C(=S)NC(c3ccccn3)C2c2c(C)[nH]c(C)c2I)cc1NC(C)=O. The number of aromatic nitrogens is 2. The van der Waals surface area contributed by atoms with Crippen molar-refractivity contribution >= 4 is 57.2 Å². The van der Waals surface area contributed by atoms with Gasteiger partial charge in [-0.1, -0.05) is 6.07 Å². The van der Waals surface area contributed by atoms with Crippen LogP contribution >= 0.6 is 34.8 Å². The lowest BCUT2D eigenvalue weighted by Gasteiger charge is -2.29. The summed E-state index contributed by atoms with van der Waals surface area (Å²) in [6, 6.07) is 11.3. The maximum Gasteiger partial charge on any atom is 0.221 e. The van der Waals surface area contributed by atoms with Crippen molar-refractivity contribution in [1.29, 1.82) is 0 Å². The van der Waals surface area contributed by atoms with Crippen LogP contribution in [-0.4, -0.2) is 28.1 Å². The molecule has 9 heteroatoms. The summed E-state index contributed by atoms with van der Waals surface area (Å²) in [4.78, 5) is 21.9. The van der Waals surface area contributed by atoms with E-state index in [1.807, 2.05) is 36.4 Å². The van der Waals surface area contributed by atoms with Crippen molar-refractivity contribution < 1.29 is 9.53 Å². The monoisotopic (exact) mass is 561 g/mol. The molecule has 166 valence electrons. The molecule has 0 aliphatic carbocycles. The quantitative estimate of drug-likeness (QED) is 0.308. The number of aryl methyl sites for hydroxylation is 2. The first-order chi connectivity index (χ1) is 15.3. The zero-order valence-corrected chi connectivity index (χ0v) is 21.2. The van der Waals surface area contributed by atoms with Gasteiger partial charge in [0.15, 0.2) is 5.11 Å². The van der Waals surface area contributed by atoms with Crippen molar-refractivity contribution in [1.82, 2.24) is 15.3 Å². The Morgan fingerprint density at radius 1 is 1.25 bits per heavy atom. The standard InChI is InChI=1S/C23H24IN5O2S/c1-12-19(20(24)13(2)26-12)22-21(16-7-5-6-10-25-16)28-23(32)29(22)15-8-9-18(31-4)17(11-15)27-14(3)30/h5-11,21-22,26H,1-4H3,(H,27,30)(H,28,32). The smallest absolute Gasteiger partial charge is 0.221 e. The molecule has 1 saturated heterocycles. The Morgan fingerprint density at radius 2 is 2.03 bits per heavy atom. The lowest BCUT2D eigenvalue weighted by molar-refractivity contribution is -0.114. The van der Waals surface area contributed by atoms with E-state index in [9.17, 15) is 4.79 Å². The van der Waals surface area contributed by atoms with Gasteiger partial charge in [0.25, 0.3) is 0 Å². The molecule has 32 heavy (non-hydrogen) atoms. The van der Waals surface area contributed by atoms with Crippen molar-refractivity contribution in [2.45, 2.75) is 32.9 Å². The van der Waals surface area contributed by atoms with E-state index < -0.39 is 0 Å². The Morgan fingerprint density at radius 3 is 2.62 bits per heavy atom. The molecule has 0 spiro atoms. The number of anilines is 2. The number of hydrogen-bond donors (Lipinski definition) is 3. The largest absolute Gasteiger partial charge is 0.495 e. The summed E-state index contributed by atoms with van der Waals surface area (Å²) < 4.78 is 6.60. The van der Waals surface area contributed by atoms with Crippen LogP contribution in [0.4, 0.5) is 11.4 Å². The lowest BCUT2D eigenvalue weighted by Crippen LogP contribution is -2.30. The summed E-state index contributed by atoms with van der Waals surface area (Å²) in [6.45, 7) is 5.63. The molecule has 1 amide bonds. The highest BCUT2D eigenvalue weighted by Gasteiger charge is 2.43. The van der Waals surface area contributed by atoms with Crippen LogP contribution in [0.1, 0.15) is 41.7 Å². The molecule has 0 bridgehead atoms. The minimum Gasteiger partial charge on any atom is -0.495 e. The van der Waals surface area contributed by atoms with E-state index in [1.54, 1.807) is 13.3 Å². The average molecular weight is 561 g/mol. The van der Waals surface area contributed by atoms with Gasteiger partial charge < -0.3 is 25.3 Å². The van der Waals surface area contributed by atoms with E-state index in [0.717, 1.165) is 26.3 Å². The van der Waals surface area contributed by atoms with E-state index in [4.69, 9.17) is 17.0 Å². The third kappa shape index (κ3) is 4.06. The molecule has 1 aliphatic heterocycles. The number of methoxy groups -OCH3 is 1. The summed E-state index contributed by atoms with van der Waals surface area (Å²) in [5.41, 5.74) is 5.73. The van der Waals surface area contributed by atoms with Crippen molar-refractivity contribution in [3.63, 3.8) is 0 Å². The number of benzene rings is 1. The number of halogens is 1. The van der Waals surface area contributed by atoms with Crippen LogP contribution in [0.2, 0.25) is 0 Å². The molecule has 0 saturated carbocycles. The number of thiocarbonyl (C=S) groups is 1. The summed E-state index contributed by atoms with van der Waals surface area (Å²) in [5.74, 6) is 0.417. The molecule has 3 heterocycles. The van der Waals surface area contributed by atoms with Gasteiger partial charge in [0.2, 0.25) is 5.91 Å². The first-order valence-corrected chi connectivity index (χ1v) is 11.6. The van der Waals surface area contributed by atoms with Gasteiger partial charge in [0, 0.05) is 39.3 Å². The fraction of sp³-hybridized carbons (Fsp3) is 0.261. The molecule has 3 aromatic rings. The predicted molar refractivity (Wildman–Crippen MR) is 138 cm³/mol. The van der Waals surface area contributed by atoms with Gasteiger partial charge in [-0.15, -0.1) is 0 Å². The predicted octanol–water partition coefficient (Wildman–Crippen LogP) is 4.78. The second-order valence-electron chi connectivity index (χ2n) is 7.67. The van der Waals surface area contributed by atoms with Gasteiger partial charge in [-0.3, -0.25) is 9.78 Å². The fourth-order valence-electron chi connectivity index (χ4n) is 4.18. The van der Waals surface area contributed by atoms with E-state index >= 15 is 0 Å². The van der Waals surface area contributed by atoms with Crippen LogP contribution in [0.25, 0.3) is 0 Å². The number of ether oxygens (including phenoxy) is 1. The van der Waals surface area contributed by atoms with Crippen molar-refractivity contribution in [3.8, 4) is 5.75 Å². The van der Waals surface area contributed by atoms with Gasteiger partial charge >= 0.3 is 0 Å². The third-order valence-corrected chi connectivity index (χ3v) is 7.22. The van der Waals surface area contributed by atoms with Crippen molar-refractivity contribution in [3.05, 3.63) is 68.8 Å². The van der Waals surface area contributed by atoms with E-state index in [2.05, 4.69) is 61.9 Å². The molecule has 1 fully saturated rings. The van der Waals surface area contributed by atoms with Gasteiger partial charge in [0.05, 0.1) is 30.6 Å². The van der Waals surface area contributed by atoms with Gasteiger partial charge in [-0.25, -0.2) is 0 Å². The van der Waals surface area contributed by atoms with Gasteiger partial charge in [-0.2, -0.15) is 0 Å². The zero-order chi connectivity index (χ0) is 23.0. The first kappa shape index (κ1) is 22.5. The van der Waals surface area contributed by atoms with Crippen LogP contribution in [-0.2, 0) is 4.79 Å². The molecular weight excluding hydrogens is 537 g/mol. The Hall–Kier alpha value is -2.66. The van der Waals surface area contributed by atoms with Crippen molar-refractivity contribution in [2.75, 3.05) is 17.3 Å². The summed E-state index contributed by atoms with van der Waals surface area (Å²) in [5, 5.41) is 6.93. The summed E-state index contributed by atoms with van der Waals surface area (Å²) in [7, 11) is 1.58. The molecule has 4 rings (SSSR count). The summed E-state index contributed by atoms with van der Waals surface area (Å²) in [6.07, 6.45) is 1.79. The summed E-state index contributed by atoms with van der Waals surface area (Å²) >= 11 is 8.21. The number of nitrogens with zero attached hydrogens (tertiary/aromatic N) is 2. The van der Waals surface area contributed by atoms with Crippen molar-refractivity contribution in [2.24, 2.45) is 0 Å². The molecule has 2 unspecified atom stereocenters. The Labute approximate surface area is 206 Å². The highest BCUT2D eigenvalue weighted by Crippen LogP contribution is 2.45. The second kappa shape index (κ2) is 9.07. The number of hydrogen-bond acceptors (Lipinski definition) is 4. The lowest BCUT2D eigenvalue weighted by atomic mass is 9.96. The first-order valence-electron chi connectivity index (χ1n) is 10.1. The third-order valence-electron chi connectivity index (χ3n) is 5.51. The number of pyridine rings is 1. The van der Waals surface area contributed by atoms with Crippen LogP contribution in [0, 0.1) is 17.4 Å². The van der Waals surface area contributed by atoms with Gasteiger partial charge in [-0.05, 0) is 79.0 Å². The van der Waals surface area contributed by atoms with Crippen LogP contribution in [0.15, 0.2) is 42.6 Å². The minimum absolute atomic E-state index is 0.132. The highest BCUT2D eigenvalue weighted by molar-refractivity contribution is 14.1. The molecule has 2 aromatic heterocycles. The van der Waals surface area contributed by atoms with Crippen LogP contribution < -0.4 is 20.3 Å².